The molecule has 1 atom stereocenters. The quantitative estimate of drug-likeness (QED) is 0.737. The van der Waals surface area contributed by atoms with E-state index in [1.165, 1.54) is 7.05 Å². The van der Waals surface area contributed by atoms with Gasteiger partial charge in [-0.1, -0.05) is 0 Å². The molecule has 0 spiro atoms. The summed E-state index contributed by atoms with van der Waals surface area (Å²) in [5, 5.41) is 14.1. The minimum absolute atomic E-state index is 0.128. The van der Waals surface area contributed by atoms with E-state index in [0.29, 0.717) is 5.56 Å². The summed E-state index contributed by atoms with van der Waals surface area (Å²) >= 11 is 0. The summed E-state index contributed by atoms with van der Waals surface area (Å²) in [6.45, 7) is 1.76. The molecule has 17 heavy (non-hydrogen) atoms. The van der Waals surface area contributed by atoms with Gasteiger partial charge in [0.05, 0.1) is 6.04 Å². The van der Waals surface area contributed by atoms with Crippen molar-refractivity contribution in [3.05, 3.63) is 29.3 Å². The third-order valence-corrected chi connectivity index (χ3v) is 2.33. The molecule has 4 nitrogen and oxygen atoms in total. The maximum absolute atomic E-state index is 13.0. The zero-order valence-electron chi connectivity index (χ0n) is 9.55. The first-order valence-electron chi connectivity index (χ1n) is 5.07. The SMILES string of the molecule is CNC(=O)C(C)NCc1cc(F)c(O)c(F)c1. The third-order valence-electron chi connectivity index (χ3n) is 2.33. The average Bonchev–Trinajstić information content (AvgIpc) is 2.31. The number of phenols is 1. The van der Waals surface area contributed by atoms with Crippen molar-refractivity contribution < 1.29 is 18.7 Å². The zero-order valence-corrected chi connectivity index (χ0v) is 9.55. The second-order valence-corrected chi connectivity index (χ2v) is 3.62. The molecule has 0 aliphatic rings. The first kappa shape index (κ1) is 13.4. The Kier molecular flexibility index (Phi) is 4.39. The van der Waals surface area contributed by atoms with Crippen LogP contribution in [0.1, 0.15) is 12.5 Å². The molecule has 0 aliphatic heterocycles. The van der Waals surface area contributed by atoms with Crippen molar-refractivity contribution >= 4 is 5.91 Å². The number of hydrogen-bond acceptors (Lipinski definition) is 3. The van der Waals surface area contributed by atoms with Crippen molar-refractivity contribution in [1.82, 2.24) is 10.6 Å². The van der Waals surface area contributed by atoms with Crippen molar-refractivity contribution in [2.24, 2.45) is 0 Å². The maximum atomic E-state index is 13.0. The van der Waals surface area contributed by atoms with E-state index in [1.54, 1.807) is 6.92 Å². The van der Waals surface area contributed by atoms with Crippen LogP contribution in [0.15, 0.2) is 12.1 Å². The molecular weight excluding hydrogens is 230 g/mol. The molecule has 0 fully saturated rings. The molecule has 0 aromatic heterocycles. The largest absolute Gasteiger partial charge is 0.503 e. The third kappa shape index (κ3) is 3.39. The van der Waals surface area contributed by atoms with Gasteiger partial charge in [-0.05, 0) is 24.6 Å². The van der Waals surface area contributed by atoms with Gasteiger partial charge in [0.2, 0.25) is 5.91 Å². The minimum Gasteiger partial charge on any atom is -0.503 e. The van der Waals surface area contributed by atoms with Crippen LogP contribution in [0.5, 0.6) is 5.75 Å². The van der Waals surface area contributed by atoms with Crippen molar-refractivity contribution in [3.63, 3.8) is 0 Å². The molecule has 1 amide bonds. The van der Waals surface area contributed by atoms with Crippen LogP contribution in [-0.2, 0) is 11.3 Å². The lowest BCUT2D eigenvalue weighted by atomic mass is 10.2. The van der Waals surface area contributed by atoms with E-state index in [1.807, 2.05) is 0 Å². The predicted molar refractivity (Wildman–Crippen MR) is 58.4 cm³/mol. The van der Waals surface area contributed by atoms with E-state index in [9.17, 15) is 13.6 Å². The number of carbonyl (C=O) groups excluding carboxylic acids is 1. The fourth-order valence-corrected chi connectivity index (χ4v) is 1.30. The molecule has 0 radical (unpaired) electrons. The number of rotatable bonds is 4. The Balaban J connectivity index is 2.67. The van der Waals surface area contributed by atoms with Crippen LogP contribution in [-0.4, -0.2) is 24.1 Å². The molecule has 0 saturated heterocycles. The Hall–Kier alpha value is -1.69. The molecule has 0 heterocycles. The topological polar surface area (TPSA) is 61.4 Å². The Labute approximate surface area is 97.6 Å². The van der Waals surface area contributed by atoms with E-state index < -0.39 is 23.4 Å². The molecule has 1 aromatic carbocycles. The molecule has 6 heteroatoms. The van der Waals surface area contributed by atoms with Crippen LogP contribution in [0.25, 0.3) is 0 Å². The van der Waals surface area contributed by atoms with E-state index in [4.69, 9.17) is 5.11 Å². The summed E-state index contributed by atoms with van der Waals surface area (Å²) in [6.07, 6.45) is 0. The van der Waals surface area contributed by atoms with Gasteiger partial charge < -0.3 is 15.7 Å². The van der Waals surface area contributed by atoms with Crippen LogP contribution >= 0.6 is 0 Å². The second kappa shape index (κ2) is 5.58. The van der Waals surface area contributed by atoms with E-state index in [-0.39, 0.29) is 12.5 Å². The van der Waals surface area contributed by atoms with Gasteiger partial charge in [-0.25, -0.2) is 8.78 Å². The number of amides is 1. The van der Waals surface area contributed by atoms with Crippen molar-refractivity contribution in [2.75, 3.05) is 7.05 Å². The van der Waals surface area contributed by atoms with Gasteiger partial charge in [-0.15, -0.1) is 0 Å². The number of aromatic hydroxyl groups is 1. The highest BCUT2D eigenvalue weighted by Crippen LogP contribution is 2.21. The lowest BCUT2D eigenvalue weighted by molar-refractivity contribution is -0.122. The fourth-order valence-electron chi connectivity index (χ4n) is 1.30. The van der Waals surface area contributed by atoms with Gasteiger partial charge in [-0.2, -0.15) is 0 Å². The standard InChI is InChI=1S/C11H14F2N2O2/c1-6(11(17)14-2)15-5-7-3-8(12)10(16)9(13)4-7/h3-4,6,15-16H,5H2,1-2H3,(H,14,17). The molecule has 94 valence electrons. The number of nitrogens with one attached hydrogen (secondary N) is 2. The average molecular weight is 244 g/mol. The van der Waals surface area contributed by atoms with Gasteiger partial charge in [0.25, 0.3) is 0 Å². The Morgan fingerprint density at radius 3 is 2.41 bits per heavy atom. The number of phenolic OH excluding ortho intramolecular Hbond substituents is 1. The first-order chi connectivity index (χ1) is 7.95. The summed E-state index contributed by atoms with van der Waals surface area (Å²) in [7, 11) is 1.50. The van der Waals surface area contributed by atoms with Gasteiger partial charge in [0, 0.05) is 13.6 Å². The highest BCUT2D eigenvalue weighted by Gasteiger charge is 2.12. The monoisotopic (exact) mass is 244 g/mol. The molecular formula is C11H14F2N2O2. The van der Waals surface area contributed by atoms with Crippen molar-refractivity contribution in [2.45, 2.75) is 19.5 Å². The van der Waals surface area contributed by atoms with Crippen molar-refractivity contribution in [1.29, 1.82) is 0 Å². The van der Waals surface area contributed by atoms with Crippen LogP contribution < -0.4 is 10.6 Å². The van der Waals surface area contributed by atoms with Crippen LogP contribution in [0.3, 0.4) is 0 Å². The highest BCUT2D eigenvalue weighted by molar-refractivity contribution is 5.80. The normalized spacial score (nSPS) is 12.2. The van der Waals surface area contributed by atoms with E-state index >= 15 is 0 Å². The Morgan fingerprint density at radius 2 is 1.94 bits per heavy atom. The Bertz CT molecular complexity index is 401. The molecule has 0 saturated carbocycles. The summed E-state index contributed by atoms with van der Waals surface area (Å²) in [5.74, 6) is -3.25. The van der Waals surface area contributed by atoms with Gasteiger partial charge >= 0.3 is 0 Å². The molecule has 0 bridgehead atoms. The lowest BCUT2D eigenvalue weighted by Gasteiger charge is -2.12. The first-order valence-corrected chi connectivity index (χ1v) is 5.07. The number of likely N-dealkylation sites (N-methyl/N-ethyl adjacent to an activating group) is 1. The molecule has 1 rings (SSSR count). The lowest BCUT2D eigenvalue weighted by Crippen LogP contribution is -2.40. The highest BCUT2D eigenvalue weighted by atomic mass is 19.1. The van der Waals surface area contributed by atoms with Crippen LogP contribution in [0.4, 0.5) is 8.78 Å². The fraction of sp³-hybridized carbons (Fsp3) is 0.364. The van der Waals surface area contributed by atoms with Gasteiger partial charge in [0.1, 0.15) is 0 Å². The van der Waals surface area contributed by atoms with Gasteiger partial charge in [-0.3, -0.25) is 4.79 Å². The molecule has 1 unspecified atom stereocenters. The summed E-state index contributed by atoms with van der Waals surface area (Å²) in [4.78, 5) is 11.2. The predicted octanol–water partition coefficient (Wildman–Crippen LogP) is 0.894. The maximum Gasteiger partial charge on any atom is 0.236 e. The minimum atomic E-state index is -1.02. The van der Waals surface area contributed by atoms with Crippen LogP contribution in [0.2, 0.25) is 0 Å². The summed E-state index contributed by atoms with van der Waals surface area (Å²) in [5.41, 5.74) is 0.313. The zero-order chi connectivity index (χ0) is 13.0. The second-order valence-electron chi connectivity index (χ2n) is 3.62. The number of halogens is 2. The molecule has 1 aromatic rings. The number of carbonyl (C=O) groups is 1. The Morgan fingerprint density at radius 1 is 1.41 bits per heavy atom. The summed E-state index contributed by atoms with van der Waals surface area (Å²) in [6, 6.07) is 1.56. The van der Waals surface area contributed by atoms with E-state index in [2.05, 4.69) is 10.6 Å². The van der Waals surface area contributed by atoms with Crippen LogP contribution in [0, 0.1) is 11.6 Å². The number of benzene rings is 1. The van der Waals surface area contributed by atoms with Gasteiger partial charge in [0.15, 0.2) is 17.4 Å². The smallest absolute Gasteiger partial charge is 0.236 e. The van der Waals surface area contributed by atoms with E-state index in [0.717, 1.165) is 12.1 Å². The molecule has 3 N–H and O–H groups in total. The van der Waals surface area contributed by atoms with Crippen molar-refractivity contribution in [3.8, 4) is 5.75 Å². The summed E-state index contributed by atoms with van der Waals surface area (Å²) < 4.78 is 26.0. The number of hydrogen-bond donors (Lipinski definition) is 3. The molecule has 0 aliphatic carbocycles.